The molecule has 4 aromatic rings. The number of hydrogen-bond acceptors (Lipinski definition) is 4. The standard InChI is InChI=1S/C21H20N3O5P/c1-2-5-20(25)23-18-13-24-16(8-4-9-19(24)22-18)14-6-3-7-15(12-14)17-10-11-21(29-17)30(26,27)28/h3-4,6-13H,2,5H2,1H3,(H,23,25)(H2,26,27,28). The summed E-state index contributed by atoms with van der Waals surface area (Å²) in [5.74, 6) is 0.762. The van der Waals surface area contributed by atoms with Gasteiger partial charge in [0.05, 0.1) is 11.9 Å². The minimum absolute atomic E-state index is 0.0804. The maximum absolute atomic E-state index is 11.9. The van der Waals surface area contributed by atoms with Crippen LogP contribution in [0.2, 0.25) is 0 Å². The molecule has 4 rings (SSSR count). The van der Waals surface area contributed by atoms with E-state index in [-0.39, 0.29) is 11.4 Å². The van der Waals surface area contributed by atoms with Gasteiger partial charge in [0.15, 0.2) is 5.82 Å². The van der Waals surface area contributed by atoms with Crippen molar-refractivity contribution in [2.45, 2.75) is 19.8 Å². The van der Waals surface area contributed by atoms with Crippen LogP contribution in [0.1, 0.15) is 19.8 Å². The monoisotopic (exact) mass is 425 g/mol. The molecule has 0 aliphatic carbocycles. The van der Waals surface area contributed by atoms with E-state index >= 15 is 0 Å². The molecule has 1 aromatic carbocycles. The lowest BCUT2D eigenvalue weighted by Crippen LogP contribution is -2.10. The maximum Gasteiger partial charge on any atom is 0.391 e. The van der Waals surface area contributed by atoms with Gasteiger partial charge in [0.2, 0.25) is 11.4 Å². The Bertz CT molecular complexity index is 1270. The lowest BCUT2D eigenvalue weighted by Gasteiger charge is -2.07. The molecule has 0 aliphatic heterocycles. The number of imidazole rings is 1. The molecule has 3 heterocycles. The van der Waals surface area contributed by atoms with Crippen LogP contribution in [-0.2, 0) is 9.36 Å². The summed E-state index contributed by atoms with van der Waals surface area (Å²) in [6.45, 7) is 1.94. The fraction of sp³-hybridized carbons (Fsp3) is 0.143. The summed E-state index contributed by atoms with van der Waals surface area (Å²) in [4.78, 5) is 34.9. The number of pyridine rings is 1. The van der Waals surface area contributed by atoms with Crippen LogP contribution in [0.3, 0.4) is 0 Å². The molecule has 0 atom stereocenters. The van der Waals surface area contributed by atoms with Crippen LogP contribution >= 0.6 is 7.60 Å². The van der Waals surface area contributed by atoms with Crippen LogP contribution in [0.5, 0.6) is 0 Å². The molecule has 0 saturated carbocycles. The summed E-state index contributed by atoms with van der Waals surface area (Å²) in [6.07, 6.45) is 2.96. The Morgan fingerprint density at radius 3 is 2.63 bits per heavy atom. The molecule has 9 heteroatoms. The summed E-state index contributed by atoms with van der Waals surface area (Å²) in [7, 11) is -4.45. The quantitative estimate of drug-likeness (QED) is 0.405. The summed E-state index contributed by atoms with van der Waals surface area (Å²) < 4.78 is 18.6. The van der Waals surface area contributed by atoms with Crippen molar-refractivity contribution in [3.8, 4) is 22.6 Å². The second-order valence-corrected chi connectivity index (χ2v) is 8.36. The van der Waals surface area contributed by atoms with Crippen molar-refractivity contribution in [3.05, 3.63) is 60.8 Å². The number of amides is 1. The van der Waals surface area contributed by atoms with E-state index in [2.05, 4.69) is 10.3 Å². The number of nitrogens with one attached hydrogen (secondary N) is 1. The molecular formula is C21H20N3O5P. The fourth-order valence-electron chi connectivity index (χ4n) is 3.21. The highest BCUT2D eigenvalue weighted by Gasteiger charge is 2.22. The molecule has 154 valence electrons. The number of carbonyl (C=O) groups excluding carboxylic acids is 1. The molecule has 0 unspecified atom stereocenters. The third-order valence-corrected chi connectivity index (χ3v) is 5.37. The van der Waals surface area contributed by atoms with Crippen molar-refractivity contribution in [1.82, 2.24) is 9.38 Å². The molecule has 0 saturated heterocycles. The third-order valence-electron chi connectivity index (χ3n) is 4.56. The van der Waals surface area contributed by atoms with Gasteiger partial charge in [-0.2, -0.15) is 0 Å². The third kappa shape index (κ3) is 4.07. The van der Waals surface area contributed by atoms with E-state index in [0.29, 0.717) is 29.2 Å². The fourth-order valence-corrected chi connectivity index (χ4v) is 3.70. The molecule has 0 fully saturated rings. The lowest BCUT2D eigenvalue weighted by molar-refractivity contribution is -0.116. The van der Waals surface area contributed by atoms with Crippen LogP contribution in [0, 0.1) is 0 Å². The predicted octanol–water partition coefficient (Wildman–Crippen LogP) is 3.80. The first-order valence-corrected chi connectivity index (χ1v) is 11.0. The highest BCUT2D eigenvalue weighted by atomic mass is 31.2. The first kappa shape index (κ1) is 20.1. The lowest BCUT2D eigenvalue weighted by atomic mass is 10.1. The number of benzene rings is 1. The molecule has 30 heavy (non-hydrogen) atoms. The average Bonchev–Trinajstić information content (AvgIpc) is 3.34. The zero-order valence-corrected chi connectivity index (χ0v) is 17.0. The largest absolute Gasteiger partial charge is 0.448 e. The number of carbonyl (C=O) groups is 1. The predicted molar refractivity (Wildman–Crippen MR) is 114 cm³/mol. The van der Waals surface area contributed by atoms with Gasteiger partial charge in [0.1, 0.15) is 11.4 Å². The SMILES string of the molecule is CCCC(=O)Nc1cn2c(-c3cccc(-c4ccc(P(=O)(O)O)o4)c3)cccc2n1. The van der Waals surface area contributed by atoms with Crippen molar-refractivity contribution in [1.29, 1.82) is 0 Å². The molecule has 1 amide bonds. The molecule has 0 spiro atoms. The number of fused-ring (bicyclic) bond motifs is 1. The van der Waals surface area contributed by atoms with Crippen molar-refractivity contribution in [2.24, 2.45) is 0 Å². The smallest absolute Gasteiger partial charge is 0.391 e. The van der Waals surface area contributed by atoms with Gasteiger partial charge in [-0.15, -0.1) is 0 Å². The first-order chi connectivity index (χ1) is 14.3. The molecule has 0 bridgehead atoms. The van der Waals surface area contributed by atoms with E-state index in [1.807, 2.05) is 47.7 Å². The van der Waals surface area contributed by atoms with E-state index < -0.39 is 7.60 Å². The normalized spacial score (nSPS) is 11.7. The minimum atomic E-state index is -4.45. The first-order valence-electron chi connectivity index (χ1n) is 9.40. The highest BCUT2D eigenvalue weighted by molar-refractivity contribution is 7.59. The molecule has 0 aliphatic rings. The van der Waals surface area contributed by atoms with Crippen LogP contribution in [0.25, 0.3) is 28.2 Å². The van der Waals surface area contributed by atoms with Crippen LogP contribution in [0.15, 0.2) is 65.2 Å². The molecule has 3 N–H and O–H groups in total. The number of rotatable bonds is 6. The Labute approximate surface area is 172 Å². The Balaban J connectivity index is 1.71. The van der Waals surface area contributed by atoms with Crippen LogP contribution in [0.4, 0.5) is 5.82 Å². The summed E-state index contributed by atoms with van der Waals surface area (Å²) in [6, 6.07) is 15.9. The van der Waals surface area contributed by atoms with Gasteiger partial charge in [-0.05, 0) is 42.3 Å². The van der Waals surface area contributed by atoms with Crippen molar-refractivity contribution in [2.75, 3.05) is 5.32 Å². The van der Waals surface area contributed by atoms with Crippen LogP contribution in [-0.4, -0.2) is 25.1 Å². The summed E-state index contributed by atoms with van der Waals surface area (Å²) >= 11 is 0. The second kappa shape index (κ2) is 7.91. The van der Waals surface area contributed by atoms with Gasteiger partial charge < -0.3 is 19.5 Å². The average molecular weight is 425 g/mol. The summed E-state index contributed by atoms with van der Waals surface area (Å²) in [5, 5.41) is 2.81. The zero-order chi connectivity index (χ0) is 21.3. The number of furan rings is 1. The van der Waals surface area contributed by atoms with E-state index in [9.17, 15) is 19.1 Å². The summed E-state index contributed by atoms with van der Waals surface area (Å²) in [5.41, 5.74) is 2.70. The van der Waals surface area contributed by atoms with E-state index in [1.54, 1.807) is 12.3 Å². The second-order valence-electron chi connectivity index (χ2n) is 6.83. The molecular weight excluding hydrogens is 405 g/mol. The van der Waals surface area contributed by atoms with Gasteiger partial charge in [-0.25, -0.2) is 4.98 Å². The number of anilines is 1. The van der Waals surface area contributed by atoms with Crippen LogP contribution < -0.4 is 10.8 Å². The van der Waals surface area contributed by atoms with Gasteiger partial charge in [0.25, 0.3) is 0 Å². The van der Waals surface area contributed by atoms with E-state index in [1.165, 1.54) is 12.1 Å². The van der Waals surface area contributed by atoms with Gasteiger partial charge in [-0.3, -0.25) is 13.8 Å². The maximum atomic E-state index is 11.9. The van der Waals surface area contributed by atoms with Gasteiger partial charge in [0, 0.05) is 12.0 Å². The topological polar surface area (TPSA) is 117 Å². The molecule has 8 nitrogen and oxygen atoms in total. The Kier molecular flexibility index (Phi) is 5.30. The van der Waals surface area contributed by atoms with Gasteiger partial charge in [-0.1, -0.05) is 31.2 Å². The van der Waals surface area contributed by atoms with Crippen molar-refractivity contribution < 1.29 is 23.6 Å². The van der Waals surface area contributed by atoms with E-state index in [4.69, 9.17) is 4.42 Å². The molecule has 0 radical (unpaired) electrons. The zero-order valence-electron chi connectivity index (χ0n) is 16.1. The molecule has 3 aromatic heterocycles. The van der Waals surface area contributed by atoms with Gasteiger partial charge >= 0.3 is 7.60 Å². The number of hydrogen-bond donors (Lipinski definition) is 3. The Morgan fingerprint density at radius 1 is 1.13 bits per heavy atom. The van der Waals surface area contributed by atoms with E-state index in [0.717, 1.165) is 17.7 Å². The number of aromatic nitrogens is 2. The van der Waals surface area contributed by atoms with Crippen molar-refractivity contribution >= 4 is 30.5 Å². The van der Waals surface area contributed by atoms with Crippen molar-refractivity contribution in [3.63, 3.8) is 0 Å². The highest BCUT2D eigenvalue weighted by Crippen LogP contribution is 2.36. The number of nitrogens with zero attached hydrogens (tertiary/aromatic N) is 2. The Hall–Kier alpha value is -3.19. The minimum Gasteiger partial charge on any atom is -0.448 e. The Morgan fingerprint density at radius 2 is 1.90 bits per heavy atom.